The molecule has 0 amide bonds. The summed E-state index contributed by atoms with van der Waals surface area (Å²) in [5, 5.41) is 21.5. The molecule has 2 aliphatic carbocycles. The predicted molar refractivity (Wildman–Crippen MR) is 92.2 cm³/mol. The van der Waals surface area contributed by atoms with Gasteiger partial charge in [0.15, 0.2) is 0 Å². The normalized spacial score (nSPS) is 48.7. The van der Waals surface area contributed by atoms with Crippen molar-refractivity contribution in [1.29, 1.82) is 0 Å². The SMILES string of the molecule is CC1CCC2(C)C(CCC(O)C2(C)O)C1(C)CCC1=CC(=O)OC1. The number of cyclic esters (lactones) is 1. The molecule has 1 aliphatic heterocycles. The van der Waals surface area contributed by atoms with Crippen molar-refractivity contribution in [2.75, 3.05) is 6.61 Å². The molecule has 2 N–H and O–H groups in total. The molecule has 3 aliphatic rings. The molecule has 136 valence electrons. The van der Waals surface area contributed by atoms with Gasteiger partial charge >= 0.3 is 5.97 Å². The highest BCUT2D eigenvalue weighted by Crippen LogP contribution is 2.64. The molecule has 6 unspecified atom stereocenters. The van der Waals surface area contributed by atoms with Crippen LogP contribution in [0.3, 0.4) is 0 Å². The lowest BCUT2D eigenvalue weighted by atomic mass is 9.43. The molecule has 0 saturated heterocycles. The molecular weight excluding hydrogens is 304 g/mol. The number of esters is 1. The maximum Gasteiger partial charge on any atom is 0.331 e. The number of hydrogen-bond acceptors (Lipinski definition) is 4. The van der Waals surface area contributed by atoms with Gasteiger partial charge in [-0.25, -0.2) is 4.79 Å². The van der Waals surface area contributed by atoms with Crippen molar-refractivity contribution in [1.82, 2.24) is 0 Å². The standard InChI is InChI=1S/C20H32O4/c1-13-7-10-19(3)15(5-6-16(21)20(19,4)23)18(13,2)9-8-14-11-17(22)24-12-14/h11,13,15-16,21,23H,5-10,12H2,1-4H3. The van der Waals surface area contributed by atoms with Crippen LogP contribution in [0.25, 0.3) is 0 Å². The van der Waals surface area contributed by atoms with E-state index in [1.807, 2.05) is 6.92 Å². The van der Waals surface area contributed by atoms with Crippen LogP contribution in [0.5, 0.6) is 0 Å². The summed E-state index contributed by atoms with van der Waals surface area (Å²) < 4.78 is 5.03. The van der Waals surface area contributed by atoms with E-state index < -0.39 is 11.7 Å². The summed E-state index contributed by atoms with van der Waals surface area (Å²) in [5.74, 6) is 0.728. The van der Waals surface area contributed by atoms with E-state index in [-0.39, 0.29) is 16.8 Å². The fraction of sp³-hybridized carbons (Fsp3) is 0.850. The van der Waals surface area contributed by atoms with Gasteiger partial charge in [-0.05, 0) is 68.3 Å². The lowest BCUT2D eigenvalue weighted by Crippen LogP contribution is -2.65. The minimum atomic E-state index is -1.04. The third-order valence-electron chi connectivity index (χ3n) is 8.03. The molecule has 4 heteroatoms. The van der Waals surface area contributed by atoms with Gasteiger partial charge in [0.1, 0.15) is 6.61 Å². The topological polar surface area (TPSA) is 66.8 Å². The molecule has 3 rings (SSSR count). The molecule has 0 aromatic carbocycles. The van der Waals surface area contributed by atoms with Crippen molar-refractivity contribution in [3.05, 3.63) is 11.6 Å². The Bertz CT molecular complexity index is 552. The smallest absolute Gasteiger partial charge is 0.331 e. The summed E-state index contributed by atoms with van der Waals surface area (Å²) >= 11 is 0. The van der Waals surface area contributed by atoms with Gasteiger partial charge < -0.3 is 14.9 Å². The van der Waals surface area contributed by atoms with E-state index in [0.29, 0.717) is 24.9 Å². The van der Waals surface area contributed by atoms with Gasteiger partial charge in [-0.3, -0.25) is 0 Å². The van der Waals surface area contributed by atoms with E-state index in [1.165, 1.54) is 0 Å². The number of aliphatic hydroxyl groups excluding tert-OH is 1. The van der Waals surface area contributed by atoms with Gasteiger partial charge in [0, 0.05) is 11.5 Å². The second-order valence-electron chi connectivity index (χ2n) is 9.07. The number of ether oxygens (including phenoxy) is 1. The lowest BCUT2D eigenvalue weighted by molar-refractivity contribution is -0.235. The Morgan fingerprint density at radius 1 is 1.25 bits per heavy atom. The largest absolute Gasteiger partial charge is 0.458 e. The minimum absolute atomic E-state index is 0.101. The Balaban J connectivity index is 1.85. The van der Waals surface area contributed by atoms with Crippen LogP contribution in [0.1, 0.15) is 66.2 Å². The Hall–Kier alpha value is -0.870. The molecule has 24 heavy (non-hydrogen) atoms. The third-order valence-corrected chi connectivity index (χ3v) is 8.03. The van der Waals surface area contributed by atoms with Crippen molar-refractivity contribution < 1.29 is 19.7 Å². The molecule has 0 radical (unpaired) electrons. The monoisotopic (exact) mass is 336 g/mol. The van der Waals surface area contributed by atoms with E-state index in [0.717, 1.165) is 37.7 Å². The first-order chi connectivity index (χ1) is 11.1. The fourth-order valence-corrected chi connectivity index (χ4v) is 5.74. The van der Waals surface area contributed by atoms with Crippen molar-refractivity contribution in [3.63, 3.8) is 0 Å². The molecule has 6 atom stereocenters. The highest BCUT2D eigenvalue weighted by atomic mass is 16.5. The van der Waals surface area contributed by atoms with Crippen LogP contribution in [0.2, 0.25) is 0 Å². The molecule has 1 heterocycles. The van der Waals surface area contributed by atoms with Gasteiger partial charge in [-0.1, -0.05) is 20.8 Å². The summed E-state index contributed by atoms with van der Waals surface area (Å²) in [7, 11) is 0. The first kappa shape index (κ1) is 17.9. The van der Waals surface area contributed by atoms with Crippen molar-refractivity contribution in [2.45, 2.75) is 77.9 Å². The molecule has 0 aromatic rings. The number of aliphatic hydroxyl groups is 2. The minimum Gasteiger partial charge on any atom is -0.458 e. The summed E-state index contributed by atoms with van der Waals surface area (Å²) in [4.78, 5) is 11.3. The quantitative estimate of drug-likeness (QED) is 0.777. The first-order valence-electron chi connectivity index (χ1n) is 9.38. The zero-order valence-corrected chi connectivity index (χ0v) is 15.5. The molecule has 2 fully saturated rings. The highest BCUT2D eigenvalue weighted by Gasteiger charge is 2.62. The fourth-order valence-electron chi connectivity index (χ4n) is 5.74. The number of carbonyl (C=O) groups is 1. The number of fused-ring (bicyclic) bond motifs is 1. The number of rotatable bonds is 3. The maximum atomic E-state index is 11.3. The number of carbonyl (C=O) groups excluding carboxylic acids is 1. The van der Waals surface area contributed by atoms with Gasteiger partial charge in [0.25, 0.3) is 0 Å². The second-order valence-corrected chi connectivity index (χ2v) is 9.07. The zero-order chi connectivity index (χ0) is 17.8. The molecular formula is C20H32O4. The Kier molecular flexibility index (Phi) is 4.37. The zero-order valence-electron chi connectivity index (χ0n) is 15.5. The van der Waals surface area contributed by atoms with Gasteiger partial charge in [0.05, 0.1) is 11.7 Å². The van der Waals surface area contributed by atoms with E-state index in [1.54, 1.807) is 6.08 Å². The predicted octanol–water partition coefficient (Wildman–Crippen LogP) is 3.21. The van der Waals surface area contributed by atoms with Gasteiger partial charge in [-0.15, -0.1) is 0 Å². The van der Waals surface area contributed by atoms with Crippen LogP contribution in [0, 0.1) is 22.7 Å². The van der Waals surface area contributed by atoms with Crippen LogP contribution in [-0.2, 0) is 9.53 Å². The molecule has 4 nitrogen and oxygen atoms in total. The lowest BCUT2D eigenvalue weighted by Gasteiger charge is -2.64. The van der Waals surface area contributed by atoms with Crippen LogP contribution < -0.4 is 0 Å². The van der Waals surface area contributed by atoms with Crippen LogP contribution in [-0.4, -0.2) is 34.5 Å². The van der Waals surface area contributed by atoms with Crippen LogP contribution in [0.15, 0.2) is 11.6 Å². The average Bonchev–Trinajstić information content (AvgIpc) is 2.93. The molecule has 0 bridgehead atoms. The van der Waals surface area contributed by atoms with E-state index in [9.17, 15) is 15.0 Å². The van der Waals surface area contributed by atoms with Crippen molar-refractivity contribution in [3.8, 4) is 0 Å². The van der Waals surface area contributed by atoms with Crippen molar-refractivity contribution >= 4 is 5.97 Å². The maximum absolute atomic E-state index is 11.3. The van der Waals surface area contributed by atoms with Crippen LogP contribution >= 0.6 is 0 Å². The summed E-state index contributed by atoms with van der Waals surface area (Å²) in [5.41, 5.74) is -0.113. The first-order valence-corrected chi connectivity index (χ1v) is 9.38. The highest BCUT2D eigenvalue weighted by molar-refractivity contribution is 5.85. The van der Waals surface area contributed by atoms with E-state index >= 15 is 0 Å². The van der Waals surface area contributed by atoms with E-state index in [4.69, 9.17) is 4.74 Å². The van der Waals surface area contributed by atoms with Gasteiger partial charge in [-0.2, -0.15) is 0 Å². The molecule has 0 aromatic heterocycles. The average molecular weight is 336 g/mol. The Morgan fingerprint density at radius 2 is 1.96 bits per heavy atom. The van der Waals surface area contributed by atoms with Crippen LogP contribution in [0.4, 0.5) is 0 Å². The Labute approximate surface area is 145 Å². The summed E-state index contributed by atoms with van der Waals surface area (Å²) in [6.45, 7) is 9.11. The molecule has 2 saturated carbocycles. The summed E-state index contributed by atoms with van der Waals surface area (Å²) in [6.07, 6.45) is 6.54. The van der Waals surface area contributed by atoms with E-state index in [2.05, 4.69) is 20.8 Å². The Morgan fingerprint density at radius 3 is 2.58 bits per heavy atom. The van der Waals surface area contributed by atoms with Crippen molar-refractivity contribution in [2.24, 2.45) is 22.7 Å². The third kappa shape index (κ3) is 2.53. The second kappa shape index (κ2) is 5.84. The van der Waals surface area contributed by atoms with Gasteiger partial charge in [0.2, 0.25) is 0 Å². The number of hydrogen-bond donors (Lipinski definition) is 2. The molecule has 0 spiro atoms. The summed E-state index contributed by atoms with van der Waals surface area (Å²) in [6, 6.07) is 0.